The van der Waals surface area contributed by atoms with Crippen LogP contribution in [0.15, 0.2) is 66.9 Å². The summed E-state index contributed by atoms with van der Waals surface area (Å²) in [5.41, 5.74) is 2.54. The van der Waals surface area contributed by atoms with Gasteiger partial charge in [-0.3, -0.25) is 9.88 Å². The molecule has 54 heavy (non-hydrogen) atoms. The van der Waals surface area contributed by atoms with E-state index in [-0.39, 0.29) is 47.5 Å². The summed E-state index contributed by atoms with van der Waals surface area (Å²) in [6.07, 6.45) is 3.05. The Labute approximate surface area is 317 Å². The average molecular weight is 757 g/mol. The molecule has 2 saturated heterocycles. The standard InChI is InChI=1S/C43H51F3N4O3Si/c1-27(2)54(28(3)4,29(5)6)53-21-18-33-36(45)17-16-31-14-10-15-34(37(31)33)39-38(46)40-35(23-47-39)41(51-25-30-12-8-7-9-13-30)49-42(48-40)52-26-43-19-11-20-50(43)24-32(44)22-43/h7-10,12-17,23,27-29,32H,11,18-22,24-26H2,1-6H3/t32-,43+/m1/s1. The fourth-order valence-corrected chi connectivity index (χ4v) is 14.9. The number of benzene rings is 3. The molecule has 0 unspecified atom stereocenters. The van der Waals surface area contributed by atoms with Gasteiger partial charge in [0.2, 0.25) is 5.88 Å². The van der Waals surface area contributed by atoms with Crippen molar-refractivity contribution in [1.29, 1.82) is 0 Å². The Morgan fingerprint density at radius 3 is 2.41 bits per heavy atom. The minimum absolute atomic E-state index is 0.0245. The molecule has 0 spiro atoms. The molecule has 3 aromatic carbocycles. The molecule has 4 heterocycles. The van der Waals surface area contributed by atoms with Crippen molar-refractivity contribution in [3.05, 3.63) is 89.6 Å². The third kappa shape index (κ3) is 7.10. The first-order valence-electron chi connectivity index (χ1n) is 19.3. The minimum atomic E-state index is -2.20. The van der Waals surface area contributed by atoms with E-state index in [2.05, 4.69) is 61.4 Å². The predicted octanol–water partition coefficient (Wildman–Crippen LogP) is 10.4. The molecule has 0 radical (unpaired) electrons. The van der Waals surface area contributed by atoms with E-state index in [1.165, 1.54) is 12.3 Å². The zero-order valence-electron chi connectivity index (χ0n) is 32.2. The van der Waals surface area contributed by atoms with Crippen LogP contribution >= 0.6 is 0 Å². The first-order valence-corrected chi connectivity index (χ1v) is 21.5. The molecular formula is C43H51F3N4O3Si. The number of alkyl halides is 1. The van der Waals surface area contributed by atoms with Gasteiger partial charge in [0.15, 0.2) is 14.1 Å². The Morgan fingerprint density at radius 2 is 1.67 bits per heavy atom. The maximum Gasteiger partial charge on any atom is 0.320 e. The third-order valence-corrected chi connectivity index (χ3v) is 18.0. The van der Waals surface area contributed by atoms with Gasteiger partial charge in [-0.1, -0.05) is 96.1 Å². The highest BCUT2D eigenvalue weighted by atomic mass is 28.4. The number of nitrogens with zero attached hydrogens (tertiary/aromatic N) is 4. The van der Waals surface area contributed by atoms with Gasteiger partial charge < -0.3 is 13.9 Å². The number of pyridine rings is 1. The van der Waals surface area contributed by atoms with E-state index in [1.807, 2.05) is 42.5 Å². The quantitative estimate of drug-likeness (QED) is 0.105. The largest absolute Gasteiger partial charge is 0.472 e. The highest BCUT2D eigenvalue weighted by molar-refractivity contribution is 6.77. The zero-order chi connectivity index (χ0) is 38.2. The molecule has 11 heteroatoms. The molecule has 2 fully saturated rings. The molecule has 286 valence electrons. The molecule has 0 aliphatic carbocycles. The second-order valence-corrected chi connectivity index (χ2v) is 21.4. The molecule has 0 bridgehead atoms. The molecule has 0 amide bonds. The van der Waals surface area contributed by atoms with Gasteiger partial charge in [-0.2, -0.15) is 9.97 Å². The van der Waals surface area contributed by atoms with E-state index in [0.717, 1.165) is 30.3 Å². The van der Waals surface area contributed by atoms with Crippen LogP contribution in [0, 0.1) is 11.6 Å². The van der Waals surface area contributed by atoms with Gasteiger partial charge in [0.25, 0.3) is 0 Å². The lowest BCUT2D eigenvalue weighted by Crippen LogP contribution is -2.48. The van der Waals surface area contributed by atoms with Crippen LogP contribution < -0.4 is 9.47 Å². The Bertz CT molecular complexity index is 2100. The van der Waals surface area contributed by atoms with Gasteiger partial charge in [-0.15, -0.1) is 0 Å². The van der Waals surface area contributed by atoms with E-state index in [4.69, 9.17) is 13.9 Å². The van der Waals surface area contributed by atoms with E-state index >= 15 is 8.78 Å². The van der Waals surface area contributed by atoms with Crippen molar-refractivity contribution in [2.24, 2.45) is 0 Å². The van der Waals surface area contributed by atoms with Gasteiger partial charge in [0.05, 0.1) is 10.9 Å². The monoisotopic (exact) mass is 756 g/mol. The van der Waals surface area contributed by atoms with E-state index in [1.54, 1.807) is 12.1 Å². The van der Waals surface area contributed by atoms with Crippen LogP contribution in [0.25, 0.3) is 32.9 Å². The smallest absolute Gasteiger partial charge is 0.320 e. The lowest BCUT2D eigenvalue weighted by molar-refractivity contribution is 0.106. The van der Waals surface area contributed by atoms with Crippen molar-refractivity contribution < 1.29 is 27.1 Å². The van der Waals surface area contributed by atoms with Gasteiger partial charge >= 0.3 is 6.01 Å². The number of aromatic nitrogens is 3. The first kappa shape index (κ1) is 38.2. The van der Waals surface area contributed by atoms with Crippen LogP contribution in [-0.2, 0) is 17.5 Å². The lowest BCUT2D eigenvalue weighted by Gasteiger charge is -2.42. The number of hydrogen-bond acceptors (Lipinski definition) is 7. The van der Waals surface area contributed by atoms with Crippen molar-refractivity contribution in [3.63, 3.8) is 0 Å². The highest BCUT2D eigenvalue weighted by Crippen LogP contribution is 2.44. The molecule has 2 atom stereocenters. The maximum absolute atomic E-state index is 17.1. The Kier molecular flexibility index (Phi) is 11.0. The Hall–Kier alpha value is -4.06. The second kappa shape index (κ2) is 15.6. The van der Waals surface area contributed by atoms with Crippen molar-refractivity contribution in [2.45, 2.75) is 102 Å². The number of fused-ring (bicyclic) bond motifs is 3. The van der Waals surface area contributed by atoms with Gasteiger partial charge in [0.1, 0.15) is 36.4 Å². The van der Waals surface area contributed by atoms with Gasteiger partial charge in [0, 0.05) is 31.3 Å². The summed E-state index contributed by atoms with van der Waals surface area (Å²) >= 11 is 0. The predicted molar refractivity (Wildman–Crippen MR) is 210 cm³/mol. The normalized spacial score (nSPS) is 19.1. The maximum atomic E-state index is 17.1. The van der Waals surface area contributed by atoms with Crippen LogP contribution in [-0.4, -0.2) is 66.2 Å². The summed E-state index contributed by atoms with van der Waals surface area (Å²) in [5, 5.41) is 1.64. The first-order chi connectivity index (χ1) is 25.9. The summed E-state index contributed by atoms with van der Waals surface area (Å²) in [6, 6.07) is 18.2. The highest BCUT2D eigenvalue weighted by Gasteiger charge is 2.49. The lowest BCUT2D eigenvalue weighted by atomic mass is 9.94. The van der Waals surface area contributed by atoms with Crippen LogP contribution in [0.5, 0.6) is 11.9 Å². The van der Waals surface area contributed by atoms with E-state index in [9.17, 15) is 4.39 Å². The van der Waals surface area contributed by atoms with Crippen molar-refractivity contribution in [2.75, 3.05) is 26.3 Å². The average Bonchev–Trinajstić information content (AvgIpc) is 3.68. The van der Waals surface area contributed by atoms with Gasteiger partial charge in [-0.05, 0) is 70.4 Å². The minimum Gasteiger partial charge on any atom is -0.472 e. The van der Waals surface area contributed by atoms with Gasteiger partial charge in [-0.25, -0.2) is 13.2 Å². The summed E-state index contributed by atoms with van der Waals surface area (Å²) in [4.78, 5) is 15.9. The van der Waals surface area contributed by atoms with Crippen LogP contribution in [0.1, 0.15) is 71.9 Å². The van der Waals surface area contributed by atoms with Crippen molar-refractivity contribution in [1.82, 2.24) is 19.9 Å². The second-order valence-electron chi connectivity index (χ2n) is 16.0. The number of rotatable bonds is 14. The SMILES string of the molecule is CC(C)[Si](OCCc1c(F)ccc2cccc(-c3ncc4c(OCc5ccccc5)nc(OC[C@@]56CCCN5C[C@H](F)C6)nc4c3F)c12)(C(C)C)C(C)C. The summed E-state index contributed by atoms with van der Waals surface area (Å²) in [6.45, 7) is 15.3. The topological polar surface area (TPSA) is 69.6 Å². The molecule has 2 aliphatic heterocycles. The van der Waals surface area contributed by atoms with Crippen molar-refractivity contribution in [3.8, 4) is 23.1 Å². The Morgan fingerprint density at radius 1 is 0.907 bits per heavy atom. The molecule has 7 nitrogen and oxygen atoms in total. The molecule has 0 saturated carbocycles. The zero-order valence-corrected chi connectivity index (χ0v) is 33.2. The molecule has 2 aromatic heterocycles. The molecule has 0 N–H and O–H groups in total. The Balaban J connectivity index is 1.28. The number of halogens is 3. The summed E-state index contributed by atoms with van der Waals surface area (Å²) in [7, 11) is -2.20. The van der Waals surface area contributed by atoms with Crippen molar-refractivity contribution >= 4 is 30.0 Å². The summed E-state index contributed by atoms with van der Waals surface area (Å²) in [5.74, 6) is -0.940. The van der Waals surface area contributed by atoms with E-state index in [0.29, 0.717) is 59.1 Å². The third-order valence-electron chi connectivity index (χ3n) is 11.8. The van der Waals surface area contributed by atoms with E-state index < -0.39 is 25.8 Å². The van der Waals surface area contributed by atoms with Crippen LogP contribution in [0.4, 0.5) is 13.2 Å². The summed E-state index contributed by atoms with van der Waals surface area (Å²) < 4.78 is 66.8. The molecule has 2 aliphatic rings. The number of ether oxygens (including phenoxy) is 2. The molecule has 7 rings (SSSR count). The molecular weight excluding hydrogens is 706 g/mol. The molecule has 5 aromatic rings. The number of hydrogen-bond donors (Lipinski definition) is 0. The fourth-order valence-electron chi connectivity index (χ4n) is 9.45. The fraction of sp³-hybridized carbons (Fsp3) is 0.465. The van der Waals surface area contributed by atoms with Crippen LogP contribution in [0.2, 0.25) is 16.6 Å². The van der Waals surface area contributed by atoms with Crippen LogP contribution in [0.3, 0.4) is 0 Å².